The first-order valence-electron chi connectivity index (χ1n) is 3.76. The normalized spacial score (nSPS) is 15.2. The topological polar surface area (TPSA) is 16.1 Å². The van der Waals surface area contributed by atoms with E-state index in [1.807, 2.05) is 24.9 Å². The van der Waals surface area contributed by atoms with Crippen molar-refractivity contribution in [1.29, 1.82) is 0 Å². The highest BCUT2D eigenvalue weighted by Gasteiger charge is 2.21. The molecule has 0 amide bonds. The summed E-state index contributed by atoms with van der Waals surface area (Å²) in [4.78, 5) is 7.65. The quantitative estimate of drug-likeness (QED) is 0.607. The molecule has 0 aromatic carbocycles. The van der Waals surface area contributed by atoms with Gasteiger partial charge in [0.1, 0.15) is 5.82 Å². The molecular formula is C9H10N2S. The van der Waals surface area contributed by atoms with Gasteiger partial charge in [-0.3, -0.25) is 0 Å². The first-order valence-corrected chi connectivity index (χ1v) is 4.58. The lowest BCUT2D eigenvalue weighted by Gasteiger charge is -2.10. The van der Waals surface area contributed by atoms with Crippen molar-refractivity contribution in [3.63, 3.8) is 0 Å². The fourth-order valence-corrected chi connectivity index (χ4v) is 2.05. The molecule has 0 radical (unpaired) electrons. The molecule has 0 atom stereocenters. The maximum absolute atomic E-state index is 4.43. The van der Waals surface area contributed by atoms with Crippen LogP contribution in [-0.4, -0.2) is 12.0 Å². The molecule has 12 heavy (non-hydrogen) atoms. The maximum Gasteiger partial charge on any atom is 0.147 e. The number of anilines is 1. The molecule has 0 N–H and O–H groups in total. The molecule has 0 fully saturated rings. The Morgan fingerprint density at radius 3 is 3.00 bits per heavy atom. The zero-order chi connectivity index (χ0) is 8.72. The molecule has 0 saturated carbocycles. The summed E-state index contributed by atoms with van der Waals surface area (Å²) in [5.41, 5.74) is 1.05. The van der Waals surface area contributed by atoms with Gasteiger partial charge in [0, 0.05) is 12.7 Å². The minimum atomic E-state index is 1.03. The van der Waals surface area contributed by atoms with E-state index in [-0.39, 0.29) is 0 Å². The summed E-state index contributed by atoms with van der Waals surface area (Å²) in [6.07, 6.45) is 0. The third kappa shape index (κ3) is 1.01. The monoisotopic (exact) mass is 178 g/mol. The average molecular weight is 178 g/mol. The lowest BCUT2D eigenvalue weighted by Crippen LogP contribution is -2.10. The smallest absolute Gasteiger partial charge is 0.147 e. The molecule has 62 valence electrons. The number of aryl methyl sites for hydroxylation is 1. The highest BCUT2D eigenvalue weighted by Crippen LogP contribution is 2.42. The van der Waals surface area contributed by atoms with E-state index < -0.39 is 0 Å². The van der Waals surface area contributed by atoms with Crippen molar-refractivity contribution in [3.8, 4) is 0 Å². The predicted molar refractivity (Wildman–Crippen MR) is 52.4 cm³/mol. The van der Waals surface area contributed by atoms with Gasteiger partial charge in [0.15, 0.2) is 0 Å². The van der Waals surface area contributed by atoms with Crippen LogP contribution in [0.5, 0.6) is 0 Å². The van der Waals surface area contributed by atoms with Gasteiger partial charge in [0.2, 0.25) is 0 Å². The van der Waals surface area contributed by atoms with Gasteiger partial charge >= 0.3 is 0 Å². The van der Waals surface area contributed by atoms with Crippen LogP contribution in [0.15, 0.2) is 28.6 Å². The lowest BCUT2D eigenvalue weighted by molar-refractivity contribution is 1.06. The van der Waals surface area contributed by atoms with Crippen LogP contribution in [0.1, 0.15) is 5.69 Å². The SMILES string of the molecule is C=C1Sc2ccc(C)nc2N1C. The zero-order valence-corrected chi connectivity index (χ0v) is 7.98. The van der Waals surface area contributed by atoms with Gasteiger partial charge in [-0.15, -0.1) is 0 Å². The lowest BCUT2D eigenvalue weighted by atomic mass is 10.3. The van der Waals surface area contributed by atoms with E-state index in [4.69, 9.17) is 0 Å². The van der Waals surface area contributed by atoms with Crippen LogP contribution in [0.2, 0.25) is 0 Å². The van der Waals surface area contributed by atoms with E-state index in [0.717, 1.165) is 16.5 Å². The molecule has 0 unspecified atom stereocenters. The Balaban J connectivity index is 2.55. The molecule has 1 aliphatic rings. The number of hydrogen-bond donors (Lipinski definition) is 0. The fraction of sp³-hybridized carbons (Fsp3) is 0.222. The van der Waals surface area contributed by atoms with Crippen molar-refractivity contribution in [2.45, 2.75) is 11.8 Å². The minimum Gasteiger partial charge on any atom is -0.323 e. The summed E-state index contributed by atoms with van der Waals surface area (Å²) in [6, 6.07) is 4.12. The second-order valence-electron chi connectivity index (χ2n) is 2.83. The highest BCUT2D eigenvalue weighted by atomic mass is 32.2. The van der Waals surface area contributed by atoms with Crippen molar-refractivity contribution in [3.05, 3.63) is 29.4 Å². The maximum atomic E-state index is 4.43. The van der Waals surface area contributed by atoms with Crippen LogP contribution in [0, 0.1) is 6.92 Å². The van der Waals surface area contributed by atoms with Gasteiger partial charge in [-0.25, -0.2) is 4.98 Å². The number of thioether (sulfide) groups is 1. The Bertz CT molecular complexity index is 346. The highest BCUT2D eigenvalue weighted by molar-refractivity contribution is 8.03. The predicted octanol–water partition coefficient (Wildman–Crippen LogP) is 2.40. The Labute approximate surface area is 76.3 Å². The Hall–Kier alpha value is -0.960. The standard InChI is InChI=1S/C9H10N2S/c1-6-4-5-8-9(10-6)11(3)7(2)12-8/h4-5H,2H2,1,3H3. The molecule has 2 rings (SSSR count). The van der Waals surface area contributed by atoms with Crippen molar-refractivity contribution >= 4 is 17.6 Å². The van der Waals surface area contributed by atoms with Crippen LogP contribution < -0.4 is 4.90 Å². The molecule has 0 saturated heterocycles. The fourth-order valence-electron chi connectivity index (χ4n) is 1.16. The molecule has 0 spiro atoms. The molecule has 1 aliphatic heterocycles. The molecular weight excluding hydrogens is 168 g/mol. The summed E-state index contributed by atoms with van der Waals surface area (Å²) in [5, 5.41) is 1.04. The van der Waals surface area contributed by atoms with Gasteiger partial charge in [-0.2, -0.15) is 0 Å². The van der Waals surface area contributed by atoms with Gasteiger partial charge in [-0.05, 0) is 19.1 Å². The third-order valence-electron chi connectivity index (χ3n) is 1.90. The molecule has 3 heteroatoms. The van der Waals surface area contributed by atoms with Crippen LogP contribution >= 0.6 is 11.8 Å². The molecule has 1 aromatic heterocycles. The minimum absolute atomic E-state index is 1.03. The van der Waals surface area contributed by atoms with Crippen LogP contribution in [0.25, 0.3) is 0 Å². The largest absolute Gasteiger partial charge is 0.323 e. The zero-order valence-electron chi connectivity index (χ0n) is 7.16. The summed E-state index contributed by atoms with van der Waals surface area (Å²) in [7, 11) is 1.99. The molecule has 1 aromatic rings. The van der Waals surface area contributed by atoms with Crippen molar-refractivity contribution < 1.29 is 0 Å². The number of nitrogens with zero attached hydrogens (tertiary/aromatic N) is 2. The van der Waals surface area contributed by atoms with E-state index in [1.54, 1.807) is 11.8 Å². The van der Waals surface area contributed by atoms with Gasteiger partial charge < -0.3 is 4.90 Å². The Kier molecular flexibility index (Phi) is 1.61. The van der Waals surface area contributed by atoms with E-state index in [1.165, 1.54) is 4.90 Å². The number of rotatable bonds is 0. The van der Waals surface area contributed by atoms with Crippen LogP contribution in [-0.2, 0) is 0 Å². The van der Waals surface area contributed by atoms with Gasteiger partial charge in [0.25, 0.3) is 0 Å². The third-order valence-corrected chi connectivity index (χ3v) is 2.95. The Morgan fingerprint density at radius 2 is 2.25 bits per heavy atom. The molecule has 2 heterocycles. The van der Waals surface area contributed by atoms with Crippen LogP contribution in [0.4, 0.5) is 5.82 Å². The summed E-state index contributed by atoms with van der Waals surface area (Å²) in [5.74, 6) is 1.03. The molecule has 2 nitrogen and oxygen atoms in total. The van der Waals surface area contributed by atoms with E-state index >= 15 is 0 Å². The van der Waals surface area contributed by atoms with E-state index in [0.29, 0.717) is 0 Å². The van der Waals surface area contributed by atoms with Gasteiger partial charge in [-0.1, -0.05) is 18.3 Å². The van der Waals surface area contributed by atoms with Crippen molar-refractivity contribution in [2.24, 2.45) is 0 Å². The molecule has 0 aliphatic carbocycles. The van der Waals surface area contributed by atoms with E-state index in [2.05, 4.69) is 17.6 Å². The second-order valence-corrected chi connectivity index (χ2v) is 3.94. The number of hydrogen-bond acceptors (Lipinski definition) is 3. The summed E-state index contributed by atoms with van der Waals surface area (Å²) in [6.45, 7) is 5.93. The first kappa shape index (κ1) is 7.68. The Morgan fingerprint density at radius 1 is 1.50 bits per heavy atom. The van der Waals surface area contributed by atoms with E-state index in [9.17, 15) is 0 Å². The van der Waals surface area contributed by atoms with Crippen LogP contribution in [0.3, 0.4) is 0 Å². The number of fused-ring (bicyclic) bond motifs is 1. The summed E-state index contributed by atoms with van der Waals surface area (Å²) >= 11 is 1.68. The van der Waals surface area contributed by atoms with Gasteiger partial charge in [0.05, 0.1) is 9.92 Å². The van der Waals surface area contributed by atoms with Crippen molar-refractivity contribution in [1.82, 2.24) is 4.98 Å². The van der Waals surface area contributed by atoms with Crippen molar-refractivity contribution in [2.75, 3.05) is 11.9 Å². The summed E-state index contributed by atoms with van der Waals surface area (Å²) < 4.78 is 0. The average Bonchev–Trinajstić information content (AvgIpc) is 2.31. The number of aromatic nitrogens is 1. The first-order chi connectivity index (χ1) is 5.68. The molecule has 0 bridgehead atoms. The second kappa shape index (κ2) is 2.52. The number of pyridine rings is 1.